The molecule has 0 bridgehead atoms. The Kier molecular flexibility index (Phi) is 4.95. The molecule has 0 aliphatic carbocycles. The van der Waals surface area contributed by atoms with Crippen molar-refractivity contribution in [2.45, 2.75) is 26.2 Å². The number of aryl methyl sites for hydroxylation is 1. The normalized spacial score (nSPS) is 10.2. The van der Waals surface area contributed by atoms with E-state index in [9.17, 15) is 18.4 Å². The standard InChI is InChI=1S/C13H14F2O3/c1-8-3-4-9(13(15)12(8)14)7-10(16)5-6-11(17)18-2/h3-4H,5-7H2,1-2H3. The van der Waals surface area contributed by atoms with Crippen LogP contribution in [0.3, 0.4) is 0 Å². The van der Waals surface area contributed by atoms with E-state index >= 15 is 0 Å². The third-order valence-corrected chi connectivity index (χ3v) is 2.58. The van der Waals surface area contributed by atoms with E-state index in [0.29, 0.717) is 0 Å². The van der Waals surface area contributed by atoms with Crippen LogP contribution >= 0.6 is 0 Å². The van der Waals surface area contributed by atoms with Crippen molar-refractivity contribution >= 4 is 11.8 Å². The Labute approximate surface area is 104 Å². The summed E-state index contributed by atoms with van der Waals surface area (Å²) in [5.74, 6) is -2.77. The molecule has 0 atom stereocenters. The highest BCUT2D eigenvalue weighted by molar-refractivity contribution is 5.84. The summed E-state index contributed by atoms with van der Waals surface area (Å²) in [4.78, 5) is 22.3. The minimum Gasteiger partial charge on any atom is -0.469 e. The number of carbonyl (C=O) groups excluding carboxylic acids is 2. The van der Waals surface area contributed by atoms with Crippen molar-refractivity contribution in [1.82, 2.24) is 0 Å². The number of methoxy groups -OCH3 is 1. The number of hydrogen-bond donors (Lipinski definition) is 0. The average Bonchev–Trinajstić information content (AvgIpc) is 2.36. The summed E-state index contributed by atoms with van der Waals surface area (Å²) in [6, 6.07) is 2.80. The van der Waals surface area contributed by atoms with E-state index in [4.69, 9.17) is 0 Å². The van der Waals surface area contributed by atoms with E-state index in [1.54, 1.807) is 0 Å². The third kappa shape index (κ3) is 3.61. The van der Waals surface area contributed by atoms with E-state index in [2.05, 4.69) is 4.74 Å². The molecule has 0 radical (unpaired) electrons. The van der Waals surface area contributed by atoms with E-state index in [1.165, 1.54) is 26.2 Å². The third-order valence-electron chi connectivity index (χ3n) is 2.58. The second kappa shape index (κ2) is 6.23. The van der Waals surface area contributed by atoms with Crippen molar-refractivity contribution < 1.29 is 23.1 Å². The van der Waals surface area contributed by atoms with Gasteiger partial charge in [0.05, 0.1) is 13.5 Å². The van der Waals surface area contributed by atoms with Crippen molar-refractivity contribution in [3.63, 3.8) is 0 Å². The summed E-state index contributed by atoms with van der Waals surface area (Å²) in [7, 11) is 1.22. The molecule has 0 unspecified atom stereocenters. The van der Waals surface area contributed by atoms with Crippen LogP contribution in [0.15, 0.2) is 12.1 Å². The Morgan fingerprint density at radius 1 is 1.17 bits per heavy atom. The number of esters is 1. The van der Waals surface area contributed by atoms with Gasteiger partial charge in [-0.05, 0) is 18.1 Å². The fourth-order valence-corrected chi connectivity index (χ4v) is 1.47. The zero-order valence-corrected chi connectivity index (χ0v) is 10.3. The minimum absolute atomic E-state index is 0.00738. The first kappa shape index (κ1) is 14.3. The molecular formula is C13H14F2O3. The van der Waals surface area contributed by atoms with Gasteiger partial charge in [-0.3, -0.25) is 9.59 Å². The van der Waals surface area contributed by atoms with Gasteiger partial charge in [0.25, 0.3) is 0 Å². The van der Waals surface area contributed by atoms with Gasteiger partial charge in [-0.1, -0.05) is 12.1 Å². The maximum absolute atomic E-state index is 13.5. The number of rotatable bonds is 5. The maximum atomic E-state index is 13.5. The first-order valence-corrected chi connectivity index (χ1v) is 5.47. The summed E-state index contributed by atoms with van der Waals surface area (Å²) in [5, 5.41) is 0. The van der Waals surface area contributed by atoms with Crippen LogP contribution in [0, 0.1) is 18.6 Å². The van der Waals surface area contributed by atoms with Gasteiger partial charge in [-0.15, -0.1) is 0 Å². The van der Waals surface area contributed by atoms with Crippen LogP contribution < -0.4 is 0 Å². The molecule has 3 nitrogen and oxygen atoms in total. The molecule has 0 spiro atoms. The average molecular weight is 256 g/mol. The first-order valence-electron chi connectivity index (χ1n) is 5.47. The smallest absolute Gasteiger partial charge is 0.305 e. The fourth-order valence-electron chi connectivity index (χ4n) is 1.47. The molecule has 0 heterocycles. The number of Topliss-reactive ketones (excluding diaryl/α,β-unsaturated/α-hetero) is 1. The molecular weight excluding hydrogens is 242 g/mol. The maximum Gasteiger partial charge on any atom is 0.305 e. The largest absolute Gasteiger partial charge is 0.469 e. The second-order valence-corrected chi connectivity index (χ2v) is 3.96. The highest BCUT2D eigenvalue weighted by atomic mass is 19.2. The van der Waals surface area contributed by atoms with E-state index < -0.39 is 17.6 Å². The van der Waals surface area contributed by atoms with Gasteiger partial charge in [0.2, 0.25) is 0 Å². The predicted molar refractivity (Wildman–Crippen MR) is 61.1 cm³/mol. The molecule has 0 aliphatic heterocycles. The molecule has 0 saturated heterocycles. The fraction of sp³-hybridized carbons (Fsp3) is 0.385. The lowest BCUT2D eigenvalue weighted by atomic mass is 10.0. The quantitative estimate of drug-likeness (QED) is 0.759. The Morgan fingerprint density at radius 3 is 2.44 bits per heavy atom. The zero-order valence-electron chi connectivity index (χ0n) is 10.3. The number of hydrogen-bond acceptors (Lipinski definition) is 3. The van der Waals surface area contributed by atoms with Crippen molar-refractivity contribution in [3.8, 4) is 0 Å². The van der Waals surface area contributed by atoms with Gasteiger partial charge in [0, 0.05) is 12.8 Å². The van der Waals surface area contributed by atoms with E-state index in [0.717, 1.165) is 0 Å². The molecule has 0 N–H and O–H groups in total. The van der Waals surface area contributed by atoms with Gasteiger partial charge >= 0.3 is 5.97 Å². The van der Waals surface area contributed by atoms with Gasteiger partial charge in [0.15, 0.2) is 11.6 Å². The lowest BCUT2D eigenvalue weighted by molar-refractivity contribution is -0.141. The summed E-state index contributed by atoms with van der Waals surface area (Å²) in [6.45, 7) is 1.45. The molecule has 1 aromatic rings. The van der Waals surface area contributed by atoms with Gasteiger partial charge < -0.3 is 4.74 Å². The van der Waals surface area contributed by atoms with Gasteiger partial charge in [0.1, 0.15) is 5.78 Å². The number of carbonyl (C=O) groups is 2. The topological polar surface area (TPSA) is 43.4 Å². The highest BCUT2D eigenvalue weighted by Gasteiger charge is 2.14. The molecule has 98 valence electrons. The van der Waals surface area contributed by atoms with Crippen LogP contribution in [0.2, 0.25) is 0 Å². The minimum atomic E-state index is -0.999. The summed E-state index contributed by atoms with van der Waals surface area (Å²) in [5.41, 5.74) is 0.200. The van der Waals surface area contributed by atoms with Crippen LogP contribution in [0.5, 0.6) is 0 Å². The number of benzene rings is 1. The number of halogens is 2. The van der Waals surface area contributed by atoms with Crippen LogP contribution in [-0.4, -0.2) is 18.9 Å². The summed E-state index contributed by atoms with van der Waals surface area (Å²) < 4.78 is 31.1. The Hall–Kier alpha value is -1.78. The first-order chi connectivity index (χ1) is 8.45. The van der Waals surface area contributed by atoms with Crippen LogP contribution in [-0.2, 0) is 20.7 Å². The molecule has 1 aromatic carbocycles. The van der Waals surface area contributed by atoms with Gasteiger partial charge in [-0.2, -0.15) is 0 Å². The predicted octanol–water partition coefficient (Wildman–Crippen LogP) is 2.34. The molecule has 0 fully saturated rings. The number of ether oxygens (including phenoxy) is 1. The van der Waals surface area contributed by atoms with E-state index in [1.807, 2.05) is 0 Å². The lowest BCUT2D eigenvalue weighted by Crippen LogP contribution is -2.09. The molecule has 5 heteroatoms. The second-order valence-electron chi connectivity index (χ2n) is 3.96. The monoisotopic (exact) mass is 256 g/mol. The van der Waals surface area contributed by atoms with Crippen LogP contribution in [0.4, 0.5) is 8.78 Å². The summed E-state index contributed by atoms with van der Waals surface area (Å²) in [6.07, 6.45) is -0.313. The molecule has 0 amide bonds. The van der Waals surface area contributed by atoms with Crippen molar-refractivity contribution in [3.05, 3.63) is 34.9 Å². The van der Waals surface area contributed by atoms with Crippen molar-refractivity contribution in [1.29, 1.82) is 0 Å². The SMILES string of the molecule is COC(=O)CCC(=O)Cc1ccc(C)c(F)c1F. The molecule has 1 rings (SSSR count). The molecule has 18 heavy (non-hydrogen) atoms. The van der Waals surface area contributed by atoms with Crippen LogP contribution in [0.25, 0.3) is 0 Å². The Morgan fingerprint density at radius 2 is 1.83 bits per heavy atom. The molecule has 0 aromatic heterocycles. The van der Waals surface area contributed by atoms with E-state index in [-0.39, 0.29) is 36.2 Å². The lowest BCUT2D eigenvalue weighted by Gasteiger charge is -2.05. The van der Waals surface area contributed by atoms with Crippen molar-refractivity contribution in [2.75, 3.05) is 7.11 Å². The molecule has 0 aliphatic rings. The molecule has 0 saturated carbocycles. The summed E-state index contributed by atoms with van der Waals surface area (Å²) >= 11 is 0. The number of ketones is 1. The zero-order chi connectivity index (χ0) is 13.7. The Balaban J connectivity index is 2.65. The van der Waals surface area contributed by atoms with Crippen molar-refractivity contribution in [2.24, 2.45) is 0 Å². The highest BCUT2D eigenvalue weighted by Crippen LogP contribution is 2.16. The Bertz CT molecular complexity index is 470. The van der Waals surface area contributed by atoms with Gasteiger partial charge in [-0.25, -0.2) is 8.78 Å². The van der Waals surface area contributed by atoms with Crippen LogP contribution in [0.1, 0.15) is 24.0 Å².